The van der Waals surface area contributed by atoms with E-state index in [1.165, 1.54) is 6.42 Å². The van der Waals surface area contributed by atoms with E-state index in [2.05, 4.69) is 20.3 Å². The summed E-state index contributed by atoms with van der Waals surface area (Å²) in [7, 11) is 0. The molecular formula is C15H28N4O4. The van der Waals surface area contributed by atoms with Crippen LogP contribution in [0.15, 0.2) is 0 Å². The number of nitrogens with two attached hydrogens (primary N) is 2. The minimum Gasteiger partial charge on any atom is -0.357 e. The van der Waals surface area contributed by atoms with Gasteiger partial charge in [-0.3, -0.25) is 0 Å². The lowest BCUT2D eigenvalue weighted by molar-refractivity contribution is 0.134. The van der Waals surface area contributed by atoms with Crippen LogP contribution in [0, 0.1) is 11.8 Å². The number of amides is 2. The van der Waals surface area contributed by atoms with Crippen LogP contribution in [0.4, 0.5) is 9.59 Å². The highest BCUT2D eigenvalue weighted by Crippen LogP contribution is 2.35. The van der Waals surface area contributed by atoms with E-state index < -0.39 is 12.2 Å². The molecule has 0 atom stereocenters. The third-order valence-corrected chi connectivity index (χ3v) is 5.22. The third-order valence-electron chi connectivity index (χ3n) is 5.22. The van der Waals surface area contributed by atoms with Crippen LogP contribution in [0.3, 0.4) is 0 Å². The predicted octanol–water partition coefficient (Wildman–Crippen LogP) is 1.69. The van der Waals surface area contributed by atoms with E-state index in [0.29, 0.717) is 0 Å². The van der Waals surface area contributed by atoms with Crippen LogP contribution in [0.2, 0.25) is 0 Å². The summed E-state index contributed by atoms with van der Waals surface area (Å²) in [4.78, 5) is 30.5. The van der Waals surface area contributed by atoms with Crippen molar-refractivity contribution < 1.29 is 19.3 Å². The molecule has 0 aromatic carbocycles. The fourth-order valence-corrected chi connectivity index (χ4v) is 3.96. The standard InChI is InChI=1S/C15H28N4O4/c16-22-14(20)18-12-5-1-10(2-6-12)9-11-3-7-13(8-4-11)19-15(21)23-17/h10-13H,1-9,16-17H2,(H,18,20)(H,19,21). The van der Waals surface area contributed by atoms with Crippen molar-refractivity contribution >= 4 is 12.2 Å². The molecule has 23 heavy (non-hydrogen) atoms. The van der Waals surface area contributed by atoms with E-state index in [9.17, 15) is 9.59 Å². The Morgan fingerprint density at radius 1 is 0.739 bits per heavy atom. The molecule has 0 saturated heterocycles. The van der Waals surface area contributed by atoms with Gasteiger partial charge in [-0.15, -0.1) is 0 Å². The van der Waals surface area contributed by atoms with Gasteiger partial charge in [-0.05, 0) is 69.6 Å². The van der Waals surface area contributed by atoms with Crippen molar-refractivity contribution in [1.82, 2.24) is 10.6 Å². The number of carbonyl (C=O) groups excluding carboxylic acids is 2. The highest BCUT2D eigenvalue weighted by atomic mass is 16.7. The fraction of sp³-hybridized carbons (Fsp3) is 0.867. The predicted molar refractivity (Wildman–Crippen MR) is 83.7 cm³/mol. The van der Waals surface area contributed by atoms with E-state index in [1.54, 1.807) is 0 Å². The van der Waals surface area contributed by atoms with Gasteiger partial charge in [0.1, 0.15) is 0 Å². The van der Waals surface area contributed by atoms with Crippen LogP contribution in [-0.2, 0) is 9.68 Å². The van der Waals surface area contributed by atoms with Gasteiger partial charge in [0.2, 0.25) is 0 Å². The number of nitrogens with one attached hydrogen (secondary N) is 2. The molecule has 6 N–H and O–H groups in total. The maximum absolute atomic E-state index is 11.1. The van der Waals surface area contributed by atoms with Crippen molar-refractivity contribution in [1.29, 1.82) is 0 Å². The van der Waals surface area contributed by atoms with Crippen molar-refractivity contribution in [3.05, 3.63) is 0 Å². The van der Waals surface area contributed by atoms with E-state index in [1.807, 2.05) is 0 Å². The summed E-state index contributed by atoms with van der Waals surface area (Å²) in [5.74, 6) is 11.1. The van der Waals surface area contributed by atoms with Gasteiger partial charge in [-0.2, -0.15) is 11.8 Å². The quantitative estimate of drug-likeness (QED) is 0.581. The molecule has 0 bridgehead atoms. The summed E-state index contributed by atoms with van der Waals surface area (Å²) in [6, 6.07) is 0.369. The van der Waals surface area contributed by atoms with Gasteiger partial charge in [0.15, 0.2) is 0 Å². The average molecular weight is 328 g/mol. The lowest BCUT2D eigenvalue weighted by Gasteiger charge is -2.34. The third kappa shape index (κ3) is 5.87. The molecule has 132 valence electrons. The zero-order chi connectivity index (χ0) is 16.7. The molecule has 0 heterocycles. The summed E-state index contributed by atoms with van der Waals surface area (Å²) < 4.78 is 0. The molecule has 0 aromatic rings. The van der Waals surface area contributed by atoms with Crippen molar-refractivity contribution in [2.24, 2.45) is 23.6 Å². The summed E-state index contributed by atoms with van der Waals surface area (Å²) in [5, 5.41) is 5.55. The molecular weight excluding hydrogens is 300 g/mol. The van der Waals surface area contributed by atoms with Gasteiger partial charge in [0, 0.05) is 12.1 Å². The molecule has 2 rings (SSSR count). The van der Waals surface area contributed by atoms with Gasteiger partial charge in [0.25, 0.3) is 0 Å². The Balaban J connectivity index is 1.62. The second kappa shape index (κ2) is 8.93. The maximum Gasteiger partial charge on any atom is 0.426 e. The van der Waals surface area contributed by atoms with Crippen LogP contribution in [0.5, 0.6) is 0 Å². The summed E-state index contributed by atoms with van der Waals surface area (Å²) >= 11 is 0. The highest BCUT2D eigenvalue weighted by Gasteiger charge is 2.28. The SMILES string of the molecule is NOC(=O)NC1CCC(CC2CCC(NC(=O)ON)CC2)CC1. The number of rotatable bonds is 4. The number of hydrogen-bond acceptors (Lipinski definition) is 6. The van der Waals surface area contributed by atoms with Gasteiger partial charge >= 0.3 is 12.2 Å². The topological polar surface area (TPSA) is 129 Å². The van der Waals surface area contributed by atoms with E-state index in [4.69, 9.17) is 11.8 Å². The number of hydrogen-bond donors (Lipinski definition) is 4. The largest absolute Gasteiger partial charge is 0.426 e. The first kappa shape index (κ1) is 17.8. The molecule has 8 nitrogen and oxygen atoms in total. The molecule has 0 unspecified atom stereocenters. The Morgan fingerprint density at radius 3 is 1.39 bits per heavy atom. The molecule has 0 aliphatic heterocycles. The van der Waals surface area contributed by atoms with E-state index >= 15 is 0 Å². The van der Waals surface area contributed by atoms with Crippen molar-refractivity contribution in [2.45, 2.75) is 69.9 Å². The molecule has 0 radical (unpaired) electrons. The first-order chi connectivity index (χ1) is 11.1. The van der Waals surface area contributed by atoms with Crippen LogP contribution in [0.1, 0.15) is 57.8 Å². The van der Waals surface area contributed by atoms with Crippen LogP contribution < -0.4 is 22.4 Å². The van der Waals surface area contributed by atoms with E-state index in [0.717, 1.165) is 63.2 Å². The molecule has 2 aliphatic carbocycles. The minimum absolute atomic E-state index is 0.185. The molecule has 8 heteroatoms. The van der Waals surface area contributed by atoms with Gasteiger partial charge in [-0.1, -0.05) is 0 Å². The second-order valence-electron chi connectivity index (χ2n) is 6.77. The Morgan fingerprint density at radius 2 is 1.09 bits per heavy atom. The van der Waals surface area contributed by atoms with Crippen molar-refractivity contribution in [3.63, 3.8) is 0 Å². The molecule has 2 amide bonds. The summed E-state index contributed by atoms with van der Waals surface area (Å²) in [5.41, 5.74) is 0. The van der Waals surface area contributed by atoms with Gasteiger partial charge < -0.3 is 20.3 Å². The first-order valence-corrected chi connectivity index (χ1v) is 8.45. The van der Waals surface area contributed by atoms with Crippen LogP contribution in [-0.4, -0.2) is 24.3 Å². The monoisotopic (exact) mass is 328 g/mol. The highest BCUT2D eigenvalue weighted by molar-refractivity contribution is 5.67. The lowest BCUT2D eigenvalue weighted by Crippen LogP contribution is -2.40. The van der Waals surface area contributed by atoms with Gasteiger partial charge in [0.05, 0.1) is 0 Å². The van der Waals surface area contributed by atoms with Crippen molar-refractivity contribution in [2.75, 3.05) is 0 Å². The Bertz CT molecular complexity index is 355. The zero-order valence-corrected chi connectivity index (χ0v) is 13.5. The lowest BCUT2D eigenvalue weighted by atomic mass is 9.76. The zero-order valence-electron chi connectivity index (χ0n) is 13.5. The molecule has 2 aliphatic rings. The molecule has 2 fully saturated rings. The Labute approximate surface area is 136 Å². The molecule has 0 spiro atoms. The Kier molecular flexibility index (Phi) is 6.91. The van der Waals surface area contributed by atoms with Gasteiger partial charge in [-0.25, -0.2) is 9.59 Å². The molecule has 0 aromatic heterocycles. The second-order valence-corrected chi connectivity index (χ2v) is 6.77. The summed E-state index contributed by atoms with van der Waals surface area (Å²) in [6.07, 6.45) is 8.62. The smallest absolute Gasteiger partial charge is 0.357 e. The maximum atomic E-state index is 11.1. The molecule has 2 saturated carbocycles. The normalized spacial score (nSPS) is 31.0. The van der Waals surface area contributed by atoms with Crippen molar-refractivity contribution in [3.8, 4) is 0 Å². The minimum atomic E-state index is -0.546. The van der Waals surface area contributed by atoms with Crippen LogP contribution >= 0.6 is 0 Å². The fourth-order valence-electron chi connectivity index (χ4n) is 3.96. The Hall–Kier alpha value is -1.54. The summed E-state index contributed by atoms with van der Waals surface area (Å²) in [6.45, 7) is 0. The van der Waals surface area contributed by atoms with Crippen LogP contribution in [0.25, 0.3) is 0 Å². The number of carbonyl (C=O) groups is 2. The first-order valence-electron chi connectivity index (χ1n) is 8.45. The van der Waals surface area contributed by atoms with E-state index in [-0.39, 0.29) is 12.1 Å². The average Bonchev–Trinajstić information content (AvgIpc) is 2.58.